The van der Waals surface area contributed by atoms with E-state index >= 15 is 0 Å². The van der Waals surface area contributed by atoms with Gasteiger partial charge in [-0.25, -0.2) is 0 Å². The van der Waals surface area contributed by atoms with E-state index in [-0.39, 0.29) is 11.8 Å². The molecule has 10 heteroatoms. The van der Waals surface area contributed by atoms with Crippen LogP contribution in [0.3, 0.4) is 0 Å². The number of carbonyl (C=O) groups excluding carboxylic acids is 2. The molecule has 2 atom stereocenters. The molecule has 0 aromatic heterocycles. The Morgan fingerprint density at radius 1 is 0.833 bits per heavy atom. The number of carbonyl (C=O) groups is 2. The highest BCUT2D eigenvalue weighted by Crippen LogP contribution is 2.22. The molecule has 0 aromatic carbocycles. The summed E-state index contributed by atoms with van der Waals surface area (Å²) in [6, 6.07) is -1.12. The van der Waals surface area contributed by atoms with E-state index in [4.69, 9.17) is 11.5 Å². The van der Waals surface area contributed by atoms with E-state index in [1.54, 1.807) is 0 Å². The molecular formula is C14H32N6O2S2. The first-order chi connectivity index (χ1) is 11.2. The van der Waals surface area contributed by atoms with Crippen molar-refractivity contribution in [3.05, 3.63) is 0 Å². The Morgan fingerprint density at radius 3 is 1.46 bits per heavy atom. The summed E-state index contributed by atoms with van der Waals surface area (Å²) in [4.78, 5) is 27.5. The second kappa shape index (κ2) is 13.7. The Morgan fingerprint density at radius 2 is 1.17 bits per heavy atom. The van der Waals surface area contributed by atoms with Crippen molar-refractivity contribution < 1.29 is 9.59 Å². The average Bonchev–Trinajstić information content (AvgIpc) is 2.49. The third-order valence-corrected chi connectivity index (χ3v) is 5.44. The van der Waals surface area contributed by atoms with Crippen molar-refractivity contribution in [1.82, 2.24) is 20.4 Å². The highest BCUT2D eigenvalue weighted by atomic mass is 33.1. The quantitative estimate of drug-likeness (QED) is 0.222. The lowest BCUT2D eigenvalue weighted by atomic mass is 10.3. The summed E-state index contributed by atoms with van der Waals surface area (Å²) in [6.45, 7) is 2.71. The van der Waals surface area contributed by atoms with Gasteiger partial charge in [0.25, 0.3) is 0 Å². The van der Waals surface area contributed by atoms with E-state index in [9.17, 15) is 9.59 Å². The van der Waals surface area contributed by atoms with E-state index in [1.807, 2.05) is 38.0 Å². The third kappa shape index (κ3) is 12.8. The summed E-state index contributed by atoms with van der Waals surface area (Å²) in [7, 11) is 10.7. The summed E-state index contributed by atoms with van der Waals surface area (Å²) in [5.74, 6) is 0.646. The van der Waals surface area contributed by atoms with Crippen molar-refractivity contribution in [2.24, 2.45) is 11.5 Å². The van der Waals surface area contributed by atoms with Crippen LogP contribution in [0.5, 0.6) is 0 Å². The van der Waals surface area contributed by atoms with Gasteiger partial charge >= 0.3 is 0 Å². The van der Waals surface area contributed by atoms with E-state index in [2.05, 4.69) is 10.6 Å². The van der Waals surface area contributed by atoms with Gasteiger partial charge in [-0.2, -0.15) is 0 Å². The SMILES string of the molecule is CN(C)CCNC(=O)[C@@H](N)CSSC[C@H](N)C(=O)NCCN(C)C. The Hall–Kier alpha value is -0.520. The van der Waals surface area contributed by atoms with E-state index in [0.29, 0.717) is 24.6 Å². The normalized spacial score (nSPS) is 13.8. The standard InChI is InChI=1S/C14H32N6O2S2/c1-19(2)7-5-17-13(21)11(15)9-23-24-10-12(16)14(22)18-6-8-20(3)4/h11-12H,5-10,15-16H2,1-4H3,(H,17,21)(H,18,22)/t11-,12-/m0/s1. The molecule has 0 fully saturated rings. The average molecular weight is 381 g/mol. The van der Waals surface area contributed by atoms with Gasteiger partial charge in [0.15, 0.2) is 0 Å². The summed E-state index contributed by atoms with van der Waals surface area (Å²) < 4.78 is 0. The summed E-state index contributed by atoms with van der Waals surface area (Å²) in [5, 5.41) is 5.59. The molecule has 0 unspecified atom stereocenters. The molecule has 6 N–H and O–H groups in total. The van der Waals surface area contributed by atoms with Crippen molar-refractivity contribution in [3.63, 3.8) is 0 Å². The Kier molecular flexibility index (Phi) is 13.4. The maximum absolute atomic E-state index is 11.8. The van der Waals surface area contributed by atoms with Crippen molar-refractivity contribution in [2.45, 2.75) is 12.1 Å². The van der Waals surface area contributed by atoms with Gasteiger partial charge < -0.3 is 31.9 Å². The molecule has 24 heavy (non-hydrogen) atoms. The number of likely N-dealkylation sites (N-methyl/N-ethyl adjacent to an activating group) is 2. The van der Waals surface area contributed by atoms with Gasteiger partial charge in [0.2, 0.25) is 11.8 Å². The van der Waals surface area contributed by atoms with Gasteiger partial charge in [0, 0.05) is 37.7 Å². The van der Waals surface area contributed by atoms with Crippen LogP contribution in [0, 0.1) is 0 Å². The number of hydrogen-bond donors (Lipinski definition) is 4. The van der Waals surface area contributed by atoms with Crippen molar-refractivity contribution in [3.8, 4) is 0 Å². The van der Waals surface area contributed by atoms with Crippen molar-refractivity contribution >= 4 is 33.4 Å². The first-order valence-corrected chi connectivity index (χ1v) is 10.3. The minimum absolute atomic E-state index is 0.157. The molecule has 0 heterocycles. The van der Waals surface area contributed by atoms with E-state index in [1.165, 1.54) is 21.6 Å². The highest BCUT2D eigenvalue weighted by Gasteiger charge is 2.16. The molecule has 0 saturated carbocycles. The lowest BCUT2D eigenvalue weighted by Crippen LogP contribution is -2.44. The molecule has 0 bridgehead atoms. The van der Waals surface area contributed by atoms with Gasteiger partial charge in [-0.15, -0.1) is 0 Å². The first-order valence-electron chi connectivity index (χ1n) is 7.84. The second-order valence-electron chi connectivity index (χ2n) is 5.97. The predicted molar refractivity (Wildman–Crippen MR) is 104 cm³/mol. The van der Waals surface area contributed by atoms with Crippen LogP contribution in [-0.2, 0) is 9.59 Å². The molecule has 0 aliphatic rings. The molecule has 0 aromatic rings. The molecule has 8 nitrogen and oxygen atoms in total. The smallest absolute Gasteiger partial charge is 0.237 e. The monoisotopic (exact) mass is 380 g/mol. The Bertz CT molecular complexity index is 337. The molecule has 0 spiro atoms. The van der Waals surface area contributed by atoms with Gasteiger partial charge in [-0.3, -0.25) is 9.59 Å². The third-order valence-electron chi connectivity index (χ3n) is 2.97. The van der Waals surface area contributed by atoms with E-state index < -0.39 is 12.1 Å². The summed E-state index contributed by atoms with van der Waals surface area (Å²) in [5.41, 5.74) is 11.7. The maximum atomic E-state index is 11.8. The molecule has 0 radical (unpaired) electrons. The Balaban J connectivity index is 3.75. The topological polar surface area (TPSA) is 117 Å². The fourth-order valence-corrected chi connectivity index (χ4v) is 3.71. The summed E-state index contributed by atoms with van der Waals surface area (Å²) in [6.07, 6.45) is 0. The van der Waals surface area contributed by atoms with Gasteiger partial charge in [-0.05, 0) is 28.2 Å². The molecule has 2 amide bonds. The zero-order chi connectivity index (χ0) is 18.5. The van der Waals surface area contributed by atoms with Crippen LogP contribution in [0.2, 0.25) is 0 Å². The predicted octanol–water partition coefficient (Wildman–Crippen LogP) is -1.62. The minimum Gasteiger partial charge on any atom is -0.353 e. The fourth-order valence-electron chi connectivity index (χ4n) is 1.46. The molecule has 0 aliphatic heterocycles. The van der Waals surface area contributed by atoms with Crippen LogP contribution in [0.1, 0.15) is 0 Å². The van der Waals surface area contributed by atoms with Crippen LogP contribution < -0.4 is 22.1 Å². The lowest BCUT2D eigenvalue weighted by Gasteiger charge is -2.15. The number of nitrogens with zero attached hydrogens (tertiary/aromatic N) is 2. The van der Waals surface area contributed by atoms with Gasteiger partial charge in [0.05, 0.1) is 12.1 Å². The van der Waals surface area contributed by atoms with Crippen LogP contribution in [0.15, 0.2) is 0 Å². The second-order valence-corrected chi connectivity index (χ2v) is 8.52. The van der Waals surface area contributed by atoms with Gasteiger partial charge in [0.1, 0.15) is 0 Å². The minimum atomic E-state index is -0.560. The van der Waals surface area contributed by atoms with Crippen LogP contribution in [0.25, 0.3) is 0 Å². The van der Waals surface area contributed by atoms with Crippen molar-refractivity contribution in [2.75, 3.05) is 65.9 Å². The van der Waals surface area contributed by atoms with E-state index in [0.717, 1.165) is 13.1 Å². The largest absolute Gasteiger partial charge is 0.353 e. The van der Waals surface area contributed by atoms with Crippen LogP contribution in [-0.4, -0.2) is 99.6 Å². The van der Waals surface area contributed by atoms with Crippen LogP contribution >= 0.6 is 21.6 Å². The van der Waals surface area contributed by atoms with Crippen LogP contribution in [0.4, 0.5) is 0 Å². The van der Waals surface area contributed by atoms with Gasteiger partial charge in [-0.1, -0.05) is 21.6 Å². The number of nitrogens with one attached hydrogen (secondary N) is 2. The fraction of sp³-hybridized carbons (Fsp3) is 0.857. The number of nitrogens with two attached hydrogens (primary N) is 2. The molecule has 0 saturated heterocycles. The zero-order valence-corrected chi connectivity index (χ0v) is 16.7. The number of rotatable bonds is 13. The summed E-state index contributed by atoms with van der Waals surface area (Å²) >= 11 is 0. The molecule has 0 aliphatic carbocycles. The van der Waals surface area contributed by atoms with Crippen molar-refractivity contribution in [1.29, 1.82) is 0 Å². The molecule has 142 valence electrons. The number of hydrogen-bond acceptors (Lipinski definition) is 8. The Labute approximate surface area is 153 Å². The highest BCUT2D eigenvalue weighted by molar-refractivity contribution is 8.76. The lowest BCUT2D eigenvalue weighted by molar-refractivity contribution is -0.122. The number of amides is 2. The maximum Gasteiger partial charge on any atom is 0.237 e. The molecular weight excluding hydrogens is 348 g/mol. The zero-order valence-electron chi connectivity index (χ0n) is 15.1. The molecule has 0 rings (SSSR count). The first kappa shape index (κ1) is 23.5.